The molecule has 4 atom stereocenters. The van der Waals surface area contributed by atoms with Crippen LogP contribution in [0.1, 0.15) is 30.0 Å². The lowest BCUT2D eigenvalue weighted by atomic mass is 9.80. The zero-order valence-corrected chi connectivity index (χ0v) is 18.4. The van der Waals surface area contributed by atoms with Crippen molar-refractivity contribution in [3.05, 3.63) is 75.8 Å². The molecule has 3 aliphatic rings. The summed E-state index contributed by atoms with van der Waals surface area (Å²) in [6.45, 7) is -0.0930. The molecule has 0 spiro atoms. The fraction of sp³-hybridized carbons (Fsp3) is 0.333. The van der Waals surface area contributed by atoms with Crippen LogP contribution in [0.15, 0.2) is 54.6 Å². The summed E-state index contributed by atoms with van der Waals surface area (Å²) in [5, 5.41) is 10.8. The molecule has 3 fully saturated rings. The first-order valence-corrected chi connectivity index (χ1v) is 11.1. The Morgan fingerprint density at radius 1 is 1.06 bits per heavy atom. The van der Waals surface area contributed by atoms with Gasteiger partial charge in [-0.15, -0.1) is 0 Å². The van der Waals surface area contributed by atoms with Crippen molar-refractivity contribution in [1.82, 2.24) is 9.80 Å². The Morgan fingerprint density at radius 2 is 1.77 bits per heavy atom. The van der Waals surface area contributed by atoms with Crippen LogP contribution in [0, 0.1) is 10.1 Å². The third kappa shape index (κ3) is 3.88. The predicted molar refractivity (Wildman–Crippen MR) is 118 cm³/mol. The lowest BCUT2D eigenvalue weighted by Crippen LogP contribution is -2.77. The number of benzene rings is 2. The quantitative estimate of drug-likeness (QED) is 0.202. The number of β-lactam (4-membered cyclic amide) rings is 1. The molecule has 0 aromatic heterocycles. The fourth-order valence-corrected chi connectivity index (χ4v) is 4.92. The van der Waals surface area contributed by atoms with Gasteiger partial charge in [-0.3, -0.25) is 24.6 Å². The van der Waals surface area contributed by atoms with E-state index in [1.54, 1.807) is 0 Å². The highest BCUT2D eigenvalue weighted by atomic mass is 16.6. The van der Waals surface area contributed by atoms with Crippen molar-refractivity contribution in [3.63, 3.8) is 0 Å². The number of piperidine rings is 1. The van der Waals surface area contributed by atoms with Crippen LogP contribution in [0.25, 0.3) is 0 Å². The largest absolute Gasteiger partial charge is 0.459 e. The van der Waals surface area contributed by atoms with Crippen molar-refractivity contribution in [1.29, 1.82) is 0 Å². The molecule has 3 aliphatic heterocycles. The Labute approximate surface area is 199 Å². The molecular formula is C24H21N3O8. The zero-order valence-electron chi connectivity index (χ0n) is 18.4. The van der Waals surface area contributed by atoms with Crippen LogP contribution < -0.4 is 0 Å². The summed E-state index contributed by atoms with van der Waals surface area (Å²) < 4.78 is 10.5. The molecule has 180 valence electrons. The first kappa shape index (κ1) is 22.5. The molecule has 3 heterocycles. The lowest BCUT2D eigenvalue weighted by molar-refractivity contribution is -0.384. The van der Waals surface area contributed by atoms with Gasteiger partial charge in [0.05, 0.1) is 17.0 Å². The molecule has 1 unspecified atom stereocenters. The van der Waals surface area contributed by atoms with Crippen LogP contribution in [0.5, 0.6) is 0 Å². The van der Waals surface area contributed by atoms with Crippen molar-refractivity contribution in [2.75, 3.05) is 6.61 Å². The van der Waals surface area contributed by atoms with Gasteiger partial charge < -0.3 is 14.4 Å². The number of rotatable bonds is 6. The van der Waals surface area contributed by atoms with Crippen LogP contribution in [-0.2, 0) is 30.5 Å². The smallest absolute Gasteiger partial charge is 0.411 e. The number of non-ortho nitro benzene ring substituents is 1. The maximum atomic E-state index is 13.2. The molecule has 2 aromatic rings. The average Bonchev–Trinajstić information content (AvgIpc) is 3.24. The second-order valence-corrected chi connectivity index (χ2v) is 8.61. The maximum absolute atomic E-state index is 13.2. The lowest BCUT2D eigenvalue weighted by Gasteiger charge is -2.54. The number of cyclic esters (lactones) is 1. The maximum Gasteiger partial charge on any atom is 0.411 e. The minimum atomic E-state index is -1.38. The molecule has 2 amide bonds. The number of Topliss-reactive ketones (excluding diaryl/α,β-unsaturated/α-hetero) is 1. The third-order valence-electron chi connectivity index (χ3n) is 6.65. The molecule has 11 heteroatoms. The number of nitro groups is 1. The van der Waals surface area contributed by atoms with Gasteiger partial charge in [-0.25, -0.2) is 9.59 Å². The highest BCUT2D eigenvalue weighted by molar-refractivity contribution is 6.09. The van der Waals surface area contributed by atoms with E-state index in [9.17, 15) is 29.3 Å². The minimum Gasteiger partial charge on any atom is -0.459 e. The summed E-state index contributed by atoms with van der Waals surface area (Å²) in [6, 6.07) is 11.5. The summed E-state index contributed by atoms with van der Waals surface area (Å²) >= 11 is 0. The van der Waals surface area contributed by atoms with Gasteiger partial charge in [0, 0.05) is 18.6 Å². The van der Waals surface area contributed by atoms with Gasteiger partial charge >= 0.3 is 12.1 Å². The van der Waals surface area contributed by atoms with Crippen molar-refractivity contribution >= 4 is 29.4 Å². The van der Waals surface area contributed by atoms with Gasteiger partial charge in [-0.2, -0.15) is 0 Å². The first-order valence-electron chi connectivity index (χ1n) is 11.1. The van der Waals surface area contributed by atoms with Crippen molar-refractivity contribution in [2.45, 2.75) is 43.6 Å². The van der Waals surface area contributed by atoms with Crippen LogP contribution in [-0.4, -0.2) is 63.2 Å². The van der Waals surface area contributed by atoms with Crippen LogP contribution in [0.3, 0.4) is 0 Å². The Bertz CT molecular complexity index is 1200. The number of nitrogens with zero attached hydrogens (tertiary/aromatic N) is 3. The number of ether oxygens (including phenoxy) is 2. The molecule has 0 N–H and O–H groups in total. The summed E-state index contributed by atoms with van der Waals surface area (Å²) in [5.41, 5.74) is 1.23. The van der Waals surface area contributed by atoms with E-state index in [0.717, 1.165) is 5.56 Å². The SMILES string of the molecule is O=C1CC[C@@H]2[C@H](N3C(=O)OC[C@@H]3c3ccccc3)C(=O)N2C1C(=O)OCc1ccc([N+](=O)[O-])cc1. The van der Waals surface area contributed by atoms with Crippen molar-refractivity contribution in [2.24, 2.45) is 0 Å². The number of carbonyl (C=O) groups is 4. The van der Waals surface area contributed by atoms with Crippen LogP contribution in [0.2, 0.25) is 0 Å². The first-order chi connectivity index (χ1) is 16.9. The molecule has 0 bridgehead atoms. The monoisotopic (exact) mass is 479 g/mol. The molecule has 0 saturated carbocycles. The van der Waals surface area contributed by atoms with Gasteiger partial charge in [-0.05, 0) is 29.7 Å². The van der Waals surface area contributed by atoms with E-state index in [2.05, 4.69) is 0 Å². The number of carbonyl (C=O) groups excluding carboxylic acids is 4. The van der Waals surface area contributed by atoms with Crippen LogP contribution >= 0.6 is 0 Å². The molecule has 35 heavy (non-hydrogen) atoms. The highest BCUT2D eigenvalue weighted by Crippen LogP contribution is 2.41. The Kier molecular flexibility index (Phi) is 5.67. The molecule has 11 nitrogen and oxygen atoms in total. The van der Waals surface area contributed by atoms with E-state index in [1.807, 2.05) is 30.3 Å². The second-order valence-electron chi connectivity index (χ2n) is 8.61. The van der Waals surface area contributed by atoms with Gasteiger partial charge in [0.25, 0.3) is 5.69 Å². The van der Waals surface area contributed by atoms with Crippen molar-refractivity contribution < 1.29 is 33.6 Å². The van der Waals surface area contributed by atoms with E-state index in [-0.39, 0.29) is 25.3 Å². The fourth-order valence-electron chi connectivity index (χ4n) is 4.92. The van der Waals surface area contributed by atoms with Crippen molar-refractivity contribution in [3.8, 4) is 0 Å². The Hall–Kier alpha value is -4.28. The predicted octanol–water partition coefficient (Wildman–Crippen LogP) is 2.14. The van der Waals surface area contributed by atoms with Gasteiger partial charge in [0.15, 0.2) is 11.8 Å². The van der Waals surface area contributed by atoms with Gasteiger partial charge in [0.2, 0.25) is 5.91 Å². The number of ketones is 1. The topological polar surface area (TPSA) is 136 Å². The van der Waals surface area contributed by atoms with E-state index >= 15 is 0 Å². The molecule has 0 radical (unpaired) electrons. The number of amides is 2. The second kappa shape index (κ2) is 8.82. The van der Waals surface area contributed by atoms with E-state index in [4.69, 9.17) is 9.47 Å². The number of hydrogen-bond acceptors (Lipinski definition) is 8. The van der Waals surface area contributed by atoms with Gasteiger partial charge in [-0.1, -0.05) is 30.3 Å². The normalized spacial score (nSPS) is 25.5. The zero-order chi connectivity index (χ0) is 24.7. The molecule has 2 aromatic carbocycles. The number of nitro benzene ring substituents is 1. The summed E-state index contributed by atoms with van der Waals surface area (Å²) in [7, 11) is 0. The molecular weight excluding hydrogens is 458 g/mol. The number of fused-ring (bicyclic) bond motifs is 1. The standard InChI is InChI=1S/C24H21N3O8/c28-19-11-10-17-20(26-18(13-35-24(26)31)15-4-2-1-3-5-15)22(29)25(17)21(19)23(30)34-12-14-6-8-16(9-7-14)27(32)33/h1-9,17-18,20-21H,10-13H2/t17-,18-,20+,21?/m1/s1. The Morgan fingerprint density at radius 3 is 2.46 bits per heavy atom. The number of hydrogen-bond donors (Lipinski definition) is 0. The highest BCUT2D eigenvalue weighted by Gasteiger charge is 2.61. The summed E-state index contributed by atoms with van der Waals surface area (Å²) in [4.78, 5) is 64.0. The summed E-state index contributed by atoms with van der Waals surface area (Å²) in [5.74, 6) is -1.79. The summed E-state index contributed by atoms with van der Waals surface area (Å²) in [6.07, 6.45) is -0.209. The third-order valence-corrected chi connectivity index (χ3v) is 6.65. The minimum absolute atomic E-state index is 0.0706. The average molecular weight is 479 g/mol. The van der Waals surface area contributed by atoms with E-state index in [1.165, 1.54) is 34.1 Å². The number of esters is 1. The molecule has 5 rings (SSSR count). The van der Waals surface area contributed by atoms with Gasteiger partial charge in [0.1, 0.15) is 19.3 Å². The van der Waals surface area contributed by atoms with E-state index < -0.39 is 52.8 Å². The molecule has 3 saturated heterocycles. The molecule has 0 aliphatic carbocycles. The van der Waals surface area contributed by atoms with Crippen LogP contribution in [0.4, 0.5) is 10.5 Å². The van der Waals surface area contributed by atoms with E-state index in [0.29, 0.717) is 12.0 Å². The Balaban J connectivity index is 1.30.